The van der Waals surface area contributed by atoms with E-state index in [-0.39, 0.29) is 0 Å². The molecule has 0 N–H and O–H groups in total. The van der Waals surface area contributed by atoms with E-state index in [1.165, 1.54) is 0 Å². The number of rotatable bonds is 6. The van der Waals surface area contributed by atoms with E-state index in [1.807, 2.05) is 36.4 Å². The fraction of sp³-hybridized carbons (Fsp3) is 0.214. The zero-order valence-electron chi connectivity index (χ0n) is 9.48. The summed E-state index contributed by atoms with van der Waals surface area (Å²) in [7, 11) is 1.66. The highest BCUT2D eigenvalue weighted by atomic mass is 16.5. The second-order valence-electron chi connectivity index (χ2n) is 3.12. The van der Waals surface area contributed by atoms with E-state index in [0.717, 1.165) is 11.3 Å². The van der Waals surface area contributed by atoms with Crippen LogP contribution in [0.25, 0.3) is 6.08 Å². The van der Waals surface area contributed by atoms with Gasteiger partial charge in [-0.15, -0.1) is 5.73 Å². The molecule has 1 rings (SSSR count). The fourth-order valence-electron chi connectivity index (χ4n) is 1.15. The summed E-state index contributed by atoms with van der Waals surface area (Å²) in [5.74, 6) is 0.865. The molecule has 2 nitrogen and oxygen atoms in total. The minimum atomic E-state index is 0.552. The molecule has 0 heterocycles. The van der Waals surface area contributed by atoms with Crippen molar-refractivity contribution < 1.29 is 9.47 Å². The highest BCUT2D eigenvalue weighted by Gasteiger charge is 1.89. The van der Waals surface area contributed by atoms with Crippen LogP contribution in [0, 0.1) is 0 Å². The highest BCUT2D eigenvalue weighted by molar-refractivity contribution is 5.50. The van der Waals surface area contributed by atoms with E-state index in [2.05, 4.69) is 12.3 Å². The molecule has 0 fully saturated rings. The normalized spacial score (nSPS) is 10.1. The Morgan fingerprint density at radius 3 is 2.62 bits per heavy atom. The second-order valence-corrected chi connectivity index (χ2v) is 3.12. The van der Waals surface area contributed by atoms with Crippen LogP contribution in [0.4, 0.5) is 0 Å². The summed E-state index contributed by atoms with van der Waals surface area (Å²) in [6.07, 6.45) is 5.73. The first-order valence-electron chi connectivity index (χ1n) is 5.09. The third-order valence-corrected chi connectivity index (χ3v) is 1.99. The van der Waals surface area contributed by atoms with Crippen LogP contribution in [-0.2, 0) is 4.74 Å². The van der Waals surface area contributed by atoms with E-state index >= 15 is 0 Å². The summed E-state index contributed by atoms with van der Waals surface area (Å²) in [5.41, 5.74) is 3.78. The van der Waals surface area contributed by atoms with Crippen molar-refractivity contribution >= 4 is 6.08 Å². The molecule has 0 spiro atoms. The average Bonchev–Trinajstić information content (AvgIpc) is 2.34. The van der Waals surface area contributed by atoms with Gasteiger partial charge >= 0.3 is 0 Å². The molecule has 0 saturated heterocycles. The molecule has 0 aromatic heterocycles. The van der Waals surface area contributed by atoms with Crippen LogP contribution in [0.5, 0.6) is 5.75 Å². The van der Waals surface area contributed by atoms with Gasteiger partial charge in [0, 0.05) is 0 Å². The monoisotopic (exact) mass is 216 g/mol. The Kier molecular flexibility index (Phi) is 5.79. The SMILES string of the molecule is C=C=CCOC/C=C/c1ccc(OC)cc1. The Balaban J connectivity index is 2.34. The summed E-state index contributed by atoms with van der Waals surface area (Å²) >= 11 is 0. The maximum atomic E-state index is 5.27. The molecule has 0 atom stereocenters. The summed E-state index contributed by atoms with van der Waals surface area (Å²) in [4.78, 5) is 0. The third kappa shape index (κ3) is 4.65. The number of benzene rings is 1. The van der Waals surface area contributed by atoms with Crippen molar-refractivity contribution in [1.29, 1.82) is 0 Å². The van der Waals surface area contributed by atoms with Crippen LogP contribution in [0.1, 0.15) is 5.56 Å². The van der Waals surface area contributed by atoms with Gasteiger partial charge in [0.2, 0.25) is 0 Å². The van der Waals surface area contributed by atoms with Crippen LogP contribution in [-0.4, -0.2) is 20.3 Å². The minimum Gasteiger partial charge on any atom is -0.497 e. The van der Waals surface area contributed by atoms with Gasteiger partial charge in [-0.05, 0) is 23.8 Å². The van der Waals surface area contributed by atoms with Gasteiger partial charge in [-0.1, -0.05) is 30.9 Å². The maximum absolute atomic E-state index is 5.27. The third-order valence-electron chi connectivity index (χ3n) is 1.99. The van der Waals surface area contributed by atoms with Crippen molar-refractivity contribution in [3.8, 4) is 5.75 Å². The number of hydrogen-bond acceptors (Lipinski definition) is 2. The van der Waals surface area contributed by atoms with Gasteiger partial charge in [0.25, 0.3) is 0 Å². The van der Waals surface area contributed by atoms with Crippen molar-refractivity contribution in [2.24, 2.45) is 0 Å². The molecule has 0 bridgehead atoms. The van der Waals surface area contributed by atoms with Crippen molar-refractivity contribution in [1.82, 2.24) is 0 Å². The standard InChI is InChI=1S/C14H16O2/c1-3-4-11-16-12-5-6-13-7-9-14(15-2)10-8-13/h4-10H,1,11-12H2,2H3/b6-5+. The van der Waals surface area contributed by atoms with Crippen molar-refractivity contribution in [2.45, 2.75) is 0 Å². The molecule has 2 heteroatoms. The lowest BCUT2D eigenvalue weighted by atomic mass is 10.2. The minimum absolute atomic E-state index is 0.552. The summed E-state index contributed by atoms with van der Waals surface area (Å²) < 4.78 is 10.3. The molecule has 0 saturated carbocycles. The second kappa shape index (κ2) is 7.52. The van der Waals surface area contributed by atoms with Gasteiger partial charge in [-0.25, -0.2) is 0 Å². The van der Waals surface area contributed by atoms with Crippen LogP contribution in [0.15, 0.2) is 48.7 Å². The van der Waals surface area contributed by atoms with E-state index < -0.39 is 0 Å². The lowest BCUT2D eigenvalue weighted by Crippen LogP contribution is -1.89. The smallest absolute Gasteiger partial charge is 0.118 e. The largest absolute Gasteiger partial charge is 0.497 e. The molecule has 84 valence electrons. The van der Waals surface area contributed by atoms with E-state index in [1.54, 1.807) is 13.2 Å². The summed E-state index contributed by atoms with van der Waals surface area (Å²) in [5, 5.41) is 0. The van der Waals surface area contributed by atoms with Gasteiger partial charge in [-0.2, -0.15) is 0 Å². The highest BCUT2D eigenvalue weighted by Crippen LogP contribution is 2.12. The van der Waals surface area contributed by atoms with E-state index in [0.29, 0.717) is 13.2 Å². The first kappa shape index (κ1) is 12.3. The van der Waals surface area contributed by atoms with Crippen LogP contribution in [0.2, 0.25) is 0 Å². The Morgan fingerprint density at radius 2 is 2.00 bits per heavy atom. The van der Waals surface area contributed by atoms with E-state index in [9.17, 15) is 0 Å². The maximum Gasteiger partial charge on any atom is 0.118 e. The zero-order chi connectivity index (χ0) is 11.6. The average molecular weight is 216 g/mol. The predicted octanol–water partition coefficient (Wildman–Crippen LogP) is 3.07. The molecule has 0 radical (unpaired) electrons. The molecular weight excluding hydrogens is 200 g/mol. The topological polar surface area (TPSA) is 18.5 Å². The lowest BCUT2D eigenvalue weighted by molar-refractivity contribution is 0.194. The summed E-state index contributed by atoms with van der Waals surface area (Å²) in [6.45, 7) is 4.59. The van der Waals surface area contributed by atoms with Crippen LogP contribution < -0.4 is 4.74 Å². The molecule has 1 aromatic rings. The lowest BCUT2D eigenvalue weighted by Gasteiger charge is -1.99. The van der Waals surface area contributed by atoms with Gasteiger partial charge in [0.1, 0.15) is 5.75 Å². The molecule has 0 aliphatic rings. The molecule has 0 unspecified atom stereocenters. The van der Waals surface area contributed by atoms with Crippen molar-refractivity contribution in [3.05, 3.63) is 54.3 Å². The molecule has 0 aliphatic carbocycles. The number of methoxy groups -OCH3 is 1. The molecule has 1 aromatic carbocycles. The first-order chi connectivity index (χ1) is 7.86. The van der Waals surface area contributed by atoms with E-state index in [4.69, 9.17) is 9.47 Å². The zero-order valence-corrected chi connectivity index (χ0v) is 9.48. The quantitative estimate of drug-likeness (QED) is 0.537. The Bertz CT molecular complexity index is 370. The summed E-state index contributed by atoms with van der Waals surface area (Å²) in [6, 6.07) is 7.86. The number of hydrogen-bond donors (Lipinski definition) is 0. The molecule has 0 aliphatic heterocycles. The molecular formula is C14H16O2. The van der Waals surface area contributed by atoms with Gasteiger partial charge in [-0.3, -0.25) is 0 Å². The van der Waals surface area contributed by atoms with Crippen molar-refractivity contribution in [2.75, 3.05) is 20.3 Å². The predicted molar refractivity (Wildman–Crippen MR) is 66.6 cm³/mol. The Hall–Kier alpha value is -1.76. The van der Waals surface area contributed by atoms with Gasteiger partial charge < -0.3 is 9.47 Å². The number of ether oxygens (including phenoxy) is 2. The Labute approximate surface area is 96.5 Å². The van der Waals surface area contributed by atoms with Crippen LogP contribution >= 0.6 is 0 Å². The van der Waals surface area contributed by atoms with Gasteiger partial charge in [0.05, 0.1) is 20.3 Å². The van der Waals surface area contributed by atoms with Crippen molar-refractivity contribution in [3.63, 3.8) is 0 Å². The van der Waals surface area contributed by atoms with Crippen LogP contribution in [0.3, 0.4) is 0 Å². The molecule has 0 amide bonds. The molecule has 16 heavy (non-hydrogen) atoms. The first-order valence-corrected chi connectivity index (χ1v) is 5.09. The fourth-order valence-corrected chi connectivity index (χ4v) is 1.15. The Morgan fingerprint density at radius 1 is 1.25 bits per heavy atom. The van der Waals surface area contributed by atoms with Gasteiger partial charge in [0.15, 0.2) is 0 Å².